The Kier molecular flexibility index (Phi) is 4.49. The summed E-state index contributed by atoms with van der Waals surface area (Å²) < 4.78 is 16.5. The second-order valence-electron chi connectivity index (χ2n) is 7.54. The van der Waals surface area contributed by atoms with Crippen LogP contribution in [-0.4, -0.2) is 32.5 Å². The molecule has 0 atom stereocenters. The lowest BCUT2D eigenvalue weighted by Gasteiger charge is -2.38. The maximum Gasteiger partial charge on any atom is 0.240 e. The monoisotopic (exact) mass is 356 g/mol. The normalized spacial score (nSPS) is 22.6. The van der Waals surface area contributed by atoms with E-state index in [1.54, 1.807) is 0 Å². The molecule has 6 heteroatoms. The predicted molar refractivity (Wildman–Crippen MR) is 93.8 cm³/mol. The summed E-state index contributed by atoms with van der Waals surface area (Å²) in [6.07, 6.45) is 4.87. The summed E-state index contributed by atoms with van der Waals surface area (Å²) in [5.74, 6) is 1.39. The summed E-state index contributed by atoms with van der Waals surface area (Å²) in [6.45, 7) is 2.08. The molecule has 0 spiro atoms. The van der Waals surface area contributed by atoms with Crippen LogP contribution in [0.1, 0.15) is 44.1 Å². The topological polar surface area (TPSA) is 80.6 Å². The average Bonchev–Trinajstić information content (AvgIpc) is 3.36. The van der Waals surface area contributed by atoms with Gasteiger partial charge in [-0.15, -0.1) is 0 Å². The number of rotatable bonds is 4. The second kappa shape index (κ2) is 6.81. The van der Waals surface area contributed by atoms with Crippen LogP contribution in [0.15, 0.2) is 18.2 Å². The van der Waals surface area contributed by atoms with E-state index in [1.165, 1.54) is 0 Å². The molecule has 0 unspecified atom stereocenters. The van der Waals surface area contributed by atoms with Crippen molar-refractivity contribution in [2.75, 3.05) is 26.6 Å². The number of nitriles is 1. The third-order valence-corrected chi connectivity index (χ3v) is 6.13. The first-order chi connectivity index (χ1) is 12.7. The molecule has 1 saturated carbocycles. The van der Waals surface area contributed by atoms with Gasteiger partial charge < -0.3 is 19.5 Å². The van der Waals surface area contributed by atoms with Gasteiger partial charge in [0.1, 0.15) is 5.41 Å². The number of nitrogens with one attached hydrogen (secondary N) is 1. The minimum Gasteiger partial charge on any atom is -0.454 e. The van der Waals surface area contributed by atoms with Gasteiger partial charge in [0.2, 0.25) is 12.7 Å². The van der Waals surface area contributed by atoms with Crippen molar-refractivity contribution in [1.82, 2.24) is 5.32 Å². The van der Waals surface area contributed by atoms with Crippen LogP contribution in [0.3, 0.4) is 0 Å². The van der Waals surface area contributed by atoms with E-state index in [1.807, 2.05) is 12.1 Å². The number of carbonyl (C=O) groups is 1. The van der Waals surface area contributed by atoms with E-state index in [-0.39, 0.29) is 18.1 Å². The highest BCUT2D eigenvalue weighted by atomic mass is 16.7. The fourth-order valence-corrected chi connectivity index (χ4v) is 4.34. The zero-order valence-electron chi connectivity index (χ0n) is 14.9. The van der Waals surface area contributed by atoms with Crippen LogP contribution < -0.4 is 14.8 Å². The Hall–Kier alpha value is -2.26. The van der Waals surface area contributed by atoms with E-state index < -0.39 is 5.41 Å². The molecule has 1 saturated heterocycles. The highest BCUT2D eigenvalue weighted by Crippen LogP contribution is 2.41. The summed E-state index contributed by atoms with van der Waals surface area (Å²) in [6, 6.07) is 8.29. The average molecular weight is 356 g/mol. The quantitative estimate of drug-likeness (QED) is 0.897. The van der Waals surface area contributed by atoms with Crippen molar-refractivity contribution in [3.63, 3.8) is 0 Å². The predicted octanol–water partition coefficient (Wildman–Crippen LogP) is 2.66. The highest BCUT2D eigenvalue weighted by Gasteiger charge is 2.43. The van der Waals surface area contributed by atoms with Gasteiger partial charge in [0.05, 0.1) is 6.07 Å². The Bertz CT molecular complexity index is 728. The maximum absolute atomic E-state index is 12.8. The minimum absolute atomic E-state index is 0.121. The van der Waals surface area contributed by atoms with E-state index in [0.717, 1.165) is 42.7 Å². The van der Waals surface area contributed by atoms with Gasteiger partial charge in [0, 0.05) is 25.2 Å². The minimum atomic E-state index is -0.846. The summed E-state index contributed by atoms with van der Waals surface area (Å²) in [4.78, 5) is 12.8. The Morgan fingerprint density at radius 1 is 1.12 bits per heavy atom. The summed E-state index contributed by atoms with van der Waals surface area (Å²) in [7, 11) is 0. The molecule has 0 bridgehead atoms. The molecule has 26 heavy (non-hydrogen) atoms. The molecule has 1 amide bonds. The number of hydrogen-bond donors (Lipinski definition) is 1. The molecule has 138 valence electrons. The molecule has 1 aliphatic carbocycles. The lowest BCUT2D eigenvalue weighted by atomic mass is 9.73. The standard InChI is InChI=1S/C20H24N2O4/c21-12-19(5-1-2-6-19)18(23)22-13-20(7-9-24-10-8-20)15-3-4-16-17(11-15)26-14-25-16/h3-4,11H,1-2,5-10,13-14H2,(H,22,23). The molecular weight excluding hydrogens is 332 g/mol. The molecule has 0 radical (unpaired) electrons. The SMILES string of the molecule is N#CC1(C(=O)NCC2(c3ccc4c(c3)OCO4)CCOCC2)CCCC1. The van der Waals surface area contributed by atoms with Crippen molar-refractivity contribution in [3.05, 3.63) is 23.8 Å². The van der Waals surface area contributed by atoms with Crippen LogP contribution in [0.4, 0.5) is 0 Å². The lowest BCUT2D eigenvalue weighted by molar-refractivity contribution is -0.128. The third kappa shape index (κ3) is 2.90. The van der Waals surface area contributed by atoms with Gasteiger partial charge in [-0.05, 0) is 43.4 Å². The van der Waals surface area contributed by atoms with Crippen molar-refractivity contribution < 1.29 is 19.0 Å². The number of nitrogens with zero attached hydrogens (tertiary/aromatic N) is 1. The summed E-state index contributed by atoms with van der Waals surface area (Å²) in [5, 5.41) is 12.7. The van der Waals surface area contributed by atoms with E-state index in [9.17, 15) is 10.1 Å². The molecule has 6 nitrogen and oxygen atoms in total. The Balaban J connectivity index is 1.55. The fourth-order valence-electron chi connectivity index (χ4n) is 4.34. The Labute approximate surface area is 153 Å². The smallest absolute Gasteiger partial charge is 0.240 e. The van der Waals surface area contributed by atoms with Gasteiger partial charge >= 0.3 is 0 Å². The number of fused-ring (bicyclic) bond motifs is 1. The molecule has 3 aliphatic rings. The van der Waals surface area contributed by atoms with E-state index >= 15 is 0 Å². The van der Waals surface area contributed by atoms with Crippen molar-refractivity contribution in [2.24, 2.45) is 5.41 Å². The molecule has 1 aromatic rings. The van der Waals surface area contributed by atoms with Gasteiger partial charge in [-0.25, -0.2) is 0 Å². The van der Waals surface area contributed by atoms with Crippen LogP contribution in [0, 0.1) is 16.7 Å². The van der Waals surface area contributed by atoms with Crippen LogP contribution in [-0.2, 0) is 14.9 Å². The van der Waals surface area contributed by atoms with Crippen LogP contribution in [0.25, 0.3) is 0 Å². The zero-order valence-corrected chi connectivity index (χ0v) is 14.9. The molecule has 2 fully saturated rings. The first-order valence-corrected chi connectivity index (χ1v) is 9.35. The molecular formula is C20H24N2O4. The molecule has 4 rings (SSSR count). The fraction of sp³-hybridized carbons (Fsp3) is 0.600. The number of hydrogen-bond acceptors (Lipinski definition) is 5. The van der Waals surface area contributed by atoms with Crippen molar-refractivity contribution in [3.8, 4) is 17.6 Å². The molecule has 1 N–H and O–H groups in total. The number of amides is 1. The zero-order chi connectivity index (χ0) is 18.0. The lowest BCUT2D eigenvalue weighted by Crippen LogP contribution is -2.48. The number of carbonyl (C=O) groups excluding carboxylic acids is 1. The molecule has 2 heterocycles. The Morgan fingerprint density at radius 3 is 2.58 bits per heavy atom. The van der Waals surface area contributed by atoms with Gasteiger partial charge in [-0.1, -0.05) is 18.9 Å². The first-order valence-electron chi connectivity index (χ1n) is 9.35. The molecule has 2 aliphatic heterocycles. The third-order valence-electron chi connectivity index (χ3n) is 6.13. The van der Waals surface area contributed by atoms with E-state index in [2.05, 4.69) is 17.5 Å². The maximum atomic E-state index is 12.8. The molecule has 1 aromatic carbocycles. The van der Waals surface area contributed by atoms with E-state index in [0.29, 0.717) is 32.6 Å². The largest absolute Gasteiger partial charge is 0.454 e. The number of benzene rings is 1. The molecule has 0 aromatic heterocycles. The summed E-state index contributed by atoms with van der Waals surface area (Å²) in [5.41, 5.74) is 0.0774. The van der Waals surface area contributed by atoms with Gasteiger partial charge in [-0.2, -0.15) is 5.26 Å². The second-order valence-corrected chi connectivity index (χ2v) is 7.54. The van der Waals surface area contributed by atoms with Crippen LogP contribution in [0.2, 0.25) is 0 Å². The number of ether oxygens (including phenoxy) is 3. The van der Waals surface area contributed by atoms with Gasteiger partial charge in [-0.3, -0.25) is 4.79 Å². The van der Waals surface area contributed by atoms with Gasteiger partial charge in [0.15, 0.2) is 11.5 Å². The van der Waals surface area contributed by atoms with Gasteiger partial charge in [0.25, 0.3) is 0 Å². The van der Waals surface area contributed by atoms with Crippen LogP contribution in [0.5, 0.6) is 11.5 Å². The van der Waals surface area contributed by atoms with E-state index in [4.69, 9.17) is 14.2 Å². The van der Waals surface area contributed by atoms with Crippen molar-refractivity contribution >= 4 is 5.91 Å². The first kappa shape index (κ1) is 17.2. The summed E-state index contributed by atoms with van der Waals surface area (Å²) >= 11 is 0. The van der Waals surface area contributed by atoms with Crippen molar-refractivity contribution in [2.45, 2.75) is 43.9 Å². The Morgan fingerprint density at radius 2 is 1.85 bits per heavy atom. The van der Waals surface area contributed by atoms with Crippen molar-refractivity contribution in [1.29, 1.82) is 5.26 Å². The highest BCUT2D eigenvalue weighted by molar-refractivity contribution is 5.85. The van der Waals surface area contributed by atoms with Crippen LogP contribution >= 0.6 is 0 Å².